The average Bonchev–Trinajstić information content (AvgIpc) is 3.12. The summed E-state index contributed by atoms with van der Waals surface area (Å²) in [4.78, 5) is 55.5. The Balaban J connectivity index is 1.71. The van der Waals surface area contributed by atoms with Crippen LogP contribution in [0.4, 0.5) is 5.69 Å². The molecule has 0 fully saturated rings. The van der Waals surface area contributed by atoms with E-state index in [-0.39, 0.29) is 21.8 Å². The highest BCUT2D eigenvalue weighted by Gasteiger charge is 2.46. The molecule has 0 aliphatic carbocycles. The normalized spacial score (nSPS) is 15.4. The maximum atomic E-state index is 13.3. The Morgan fingerprint density at radius 1 is 1.00 bits per heavy atom. The number of cyclic esters (lactones) is 1. The standard InChI is InChI=1S/C23H14Cl2N2O5/c24-13-5-6-17(16(25)11-13)27-22(30)20(29)18(19(28)12-7-9-26-10-8-12)21-14-3-1-2-4-15(14)23(31)32-21/h1-11,18,21H,(H,27,30)/t18-,21+/m1/s1. The van der Waals surface area contributed by atoms with Crippen molar-refractivity contribution in [3.05, 3.63) is 93.7 Å². The maximum Gasteiger partial charge on any atom is 0.339 e. The fourth-order valence-electron chi connectivity index (χ4n) is 3.43. The van der Waals surface area contributed by atoms with Gasteiger partial charge in [0, 0.05) is 28.5 Å². The van der Waals surface area contributed by atoms with Crippen molar-refractivity contribution in [2.45, 2.75) is 6.10 Å². The summed E-state index contributed by atoms with van der Waals surface area (Å²) in [5.74, 6) is -5.11. The van der Waals surface area contributed by atoms with Crippen LogP contribution in [0.1, 0.15) is 32.4 Å². The Bertz CT molecular complexity index is 1250. The van der Waals surface area contributed by atoms with Gasteiger partial charge in [0.05, 0.1) is 16.3 Å². The van der Waals surface area contributed by atoms with Gasteiger partial charge in [0.2, 0.25) is 5.78 Å². The number of halogens is 2. The molecule has 3 aromatic rings. The van der Waals surface area contributed by atoms with Crippen LogP contribution in [0.15, 0.2) is 67.0 Å². The van der Waals surface area contributed by atoms with Crippen LogP contribution < -0.4 is 5.32 Å². The van der Waals surface area contributed by atoms with Crippen LogP contribution in [0.25, 0.3) is 0 Å². The van der Waals surface area contributed by atoms with Gasteiger partial charge in [0.1, 0.15) is 12.0 Å². The van der Waals surface area contributed by atoms with Gasteiger partial charge in [-0.2, -0.15) is 0 Å². The first-order valence-corrected chi connectivity index (χ1v) is 10.2. The zero-order chi connectivity index (χ0) is 22.8. The average molecular weight is 469 g/mol. The summed E-state index contributed by atoms with van der Waals surface area (Å²) in [5, 5.41) is 2.86. The van der Waals surface area contributed by atoms with Gasteiger partial charge in [0.15, 0.2) is 5.78 Å². The molecule has 2 atom stereocenters. The van der Waals surface area contributed by atoms with Crippen molar-refractivity contribution in [3.8, 4) is 0 Å². The number of amides is 1. The van der Waals surface area contributed by atoms with E-state index in [1.54, 1.807) is 18.2 Å². The maximum absolute atomic E-state index is 13.3. The monoisotopic (exact) mass is 468 g/mol. The van der Waals surface area contributed by atoms with Gasteiger partial charge in [0.25, 0.3) is 5.91 Å². The number of hydrogen-bond donors (Lipinski definition) is 1. The Labute approximate surface area is 192 Å². The summed E-state index contributed by atoms with van der Waals surface area (Å²) in [6.45, 7) is 0. The van der Waals surface area contributed by atoms with Crippen molar-refractivity contribution >= 4 is 52.3 Å². The molecule has 1 N–H and O–H groups in total. The van der Waals surface area contributed by atoms with Gasteiger partial charge in [-0.05, 0) is 36.4 Å². The first-order chi connectivity index (χ1) is 15.4. The summed E-state index contributed by atoms with van der Waals surface area (Å²) in [6, 6.07) is 13.6. The number of carbonyl (C=O) groups excluding carboxylic acids is 4. The third kappa shape index (κ3) is 4.12. The third-order valence-corrected chi connectivity index (χ3v) is 5.50. The molecule has 0 spiro atoms. The van der Waals surface area contributed by atoms with Gasteiger partial charge in [-0.3, -0.25) is 19.4 Å². The second kappa shape index (κ2) is 8.90. The molecule has 9 heteroatoms. The minimum atomic E-state index is -1.60. The van der Waals surface area contributed by atoms with Crippen LogP contribution in [0, 0.1) is 5.92 Å². The van der Waals surface area contributed by atoms with Crippen molar-refractivity contribution in [1.82, 2.24) is 4.98 Å². The van der Waals surface area contributed by atoms with Crippen molar-refractivity contribution in [3.63, 3.8) is 0 Å². The predicted octanol–water partition coefficient (Wildman–Crippen LogP) is 4.31. The van der Waals surface area contributed by atoms with Crippen molar-refractivity contribution in [2.24, 2.45) is 5.92 Å². The lowest BCUT2D eigenvalue weighted by atomic mass is 9.85. The van der Waals surface area contributed by atoms with Gasteiger partial charge in [-0.1, -0.05) is 41.4 Å². The number of rotatable bonds is 6. The summed E-state index contributed by atoms with van der Waals surface area (Å²) in [7, 11) is 0. The largest absolute Gasteiger partial charge is 0.453 e. The summed E-state index contributed by atoms with van der Waals surface area (Å²) in [6.07, 6.45) is 1.52. The number of benzene rings is 2. The number of Topliss-reactive ketones (excluding diaryl/α,β-unsaturated/α-hetero) is 2. The number of fused-ring (bicyclic) bond motifs is 1. The van der Waals surface area contributed by atoms with Crippen LogP contribution in [-0.2, 0) is 14.3 Å². The van der Waals surface area contributed by atoms with E-state index in [1.165, 1.54) is 48.8 Å². The number of carbonyl (C=O) groups is 4. The molecule has 2 aromatic carbocycles. The van der Waals surface area contributed by atoms with E-state index >= 15 is 0 Å². The molecule has 0 saturated heterocycles. The topological polar surface area (TPSA) is 102 Å². The van der Waals surface area contributed by atoms with Crippen molar-refractivity contribution in [1.29, 1.82) is 0 Å². The molecule has 0 bridgehead atoms. The molecular formula is C23H14Cl2N2O5. The summed E-state index contributed by atoms with van der Waals surface area (Å²) >= 11 is 11.9. The lowest BCUT2D eigenvalue weighted by Crippen LogP contribution is -2.38. The molecule has 7 nitrogen and oxygen atoms in total. The molecule has 1 aliphatic heterocycles. The van der Waals surface area contributed by atoms with E-state index in [1.807, 2.05) is 0 Å². The van der Waals surface area contributed by atoms with Crippen LogP contribution in [0.2, 0.25) is 10.0 Å². The lowest BCUT2D eigenvalue weighted by Gasteiger charge is -2.21. The molecule has 1 amide bonds. The molecule has 1 aromatic heterocycles. The van der Waals surface area contributed by atoms with E-state index < -0.39 is 35.5 Å². The smallest absolute Gasteiger partial charge is 0.339 e. The SMILES string of the molecule is O=C(Nc1ccc(Cl)cc1Cl)C(=O)[C@@H](C(=O)c1ccncc1)[C@H]1OC(=O)c2ccccc21. The quantitative estimate of drug-likeness (QED) is 0.250. The highest BCUT2D eigenvalue weighted by atomic mass is 35.5. The fraction of sp³-hybridized carbons (Fsp3) is 0.0870. The van der Waals surface area contributed by atoms with Crippen LogP contribution in [0.5, 0.6) is 0 Å². The number of nitrogens with zero attached hydrogens (tertiary/aromatic N) is 1. The zero-order valence-corrected chi connectivity index (χ0v) is 17.8. The van der Waals surface area contributed by atoms with Crippen molar-refractivity contribution in [2.75, 3.05) is 5.32 Å². The molecule has 0 unspecified atom stereocenters. The molecular weight excluding hydrogens is 455 g/mol. The molecule has 0 saturated carbocycles. The van der Waals surface area contributed by atoms with E-state index in [0.29, 0.717) is 10.6 Å². The number of ketones is 2. The third-order valence-electron chi connectivity index (χ3n) is 4.96. The summed E-state index contributed by atoms with van der Waals surface area (Å²) < 4.78 is 5.38. The Kier molecular flexibility index (Phi) is 6.03. The highest BCUT2D eigenvalue weighted by molar-refractivity contribution is 6.46. The lowest BCUT2D eigenvalue weighted by molar-refractivity contribution is -0.138. The minimum Gasteiger partial charge on any atom is -0.453 e. The first-order valence-electron chi connectivity index (χ1n) is 9.41. The minimum absolute atomic E-state index is 0.119. The van der Waals surface area contributed by atoms with Crippen LogP contribution >= 0.6 is 23.2 Å². The second-order valence-corrected chi connectivity index (χ2v) is 7.78. The van der Waals surface area contributed by atoms with Crippen LogP contribution in [0.3, 0.4) is 0 Å². The highest BCUT2D eigenvalue weighted by Crippen LogP contribution is 2.38. The van der Waals surface area contributed by atoms with Gasteiger partial charge < -0.3 is 10.1 Å². The number of esters is 1. The Hall–Kier alpha value is -3.55. The Morgan fingerprint density at radius 3 is 2.44 bits per heavy atom. The van der Waals surface area contributed by atoms with E-state index in [9.17, 15) is 19.2 Å². The zero-order valence-electron chi connectivity index (χ0n) is 16.2. The predicted molar refractivity (Wildman–Crippen MR) is 117 cm³/mol. The number of aromatic nitrogens is 1. The number of ether oxygens (including phenoxy) is 1. The molecule has 2 heterocycles. The second-order valence-electron chi connectivity index (χ2n) is 6.93. The molecule has 32 heavy (non-hydrogen) atoms. The van der Waals surface area contributed by atoms with Gasteiger partial charge in [-0.15, -0.1) is 0 Å². The van der Waals surface area contributed by atoms with E-state index in [2.05, 4.69) is 10.3 Å². The molecule has 1 aliphatic rings. The number of pyridine rings is 1. The molecule has 0 radical (unpaired) electrons. The van der Waals surface area contributed by atoms with E-state index in [4.69, 9.17) is 27.9 Å². The number of anilines is 1. The van der Waals surface area contributed by atoms with Gasteiger partial charge >= 0.3 is 5.97 Å². The molecule has 160 valence electrons. The van der Waals surface area contributed by atoms with E-state index in [0.717, 1.165) is 0 Å². The van der Waals surface area contributed by atoms with Crippen molar-refractivity contribution < 1.29 is 23.9 Å². The Morgan fingerprint density at radius 2 is 1.72 bits per heavy atom. The summed E-state index contributed by atoms with van der Waals surface area (Å²) in [5.41, 5.74) is 0.888. The van der Waals surface area contributed by atoms with Gasteiger partial charge in [-0.25, -0.2) is 4.79 Å². The molecule has 4 rings (SSSR count). The van der Waals surface area contributed by atoms with Crippen LogP contribution in [-0.4, -0.2) is 28.4 Å². The number of nitrogens with one attached hydrogen (secondary N) is 1. The fourth-order valence-corrected chi connectivity index (χ4v) is 3.88. The number of hydrogen-bond acceptors (Lipinski definition) is 6. The first kappa shape index (κ1) is 21.7.